The zero-order valence-electron chi connectivity index (χ0n) is 11.8. The predicted octanol–water partition coefficient (Wildman–Crippen LogP) is 2.35. The average Bonchev–Trinajstić information content (AvgIpc) is 2.47. The van der Waals surface area contributed by atoms with Crippen LogP contribution in [0, 0.1) is 6.92 Å². The molecule has 5 nitrogen and oxygen atoms in total. The van der Waals surface area contributed by atoms with Gasteiger partial charge in [-0.2, -0.15) is 0 Å². The molecule has 108 valence electrons. The van der Waals surface area contributed by atoms with Crippen LogP contribution in [0.5, 0.6) is 5.75 Å². The van der Waals surface area contributed by atoms with E-state index in [2.05, 4.69) is 5.32 Å². The topological polar surface area (TPSA) is 81.4 Å². The molecule has 0 radical (unpaired) electrons. The van der Waals surface area contributed by atoms with Crippen LogP contribution in [0.3, 0.4) is 0 Å². The van der Waals surface area contributed by atoms with Crippen molar-refractivity contribution in [3.05, 3.63) is 59.2 Å². The molecule has 2 amide bonds. The van der Waals surface area contributed by atoms with E-state index in [0.717, 1.165) is 5.56 Å². The number of anilines is 1. The zero-order chi connectivity index (χ0) is 15.4. The lowest BCUT2D eigenvalue weighted by atomic mass is 10.1. The molecule has 2 aromatic rings. The highest BCUT2D eigenvalue weighted by Gasteiger charge is 2.16. The Hall–Kier alpha value is -2.82. The third-order valence-corrected chi connectivity index (χ3v) is 3.06. The predicted molar refractivity (Wildman–Crippen MR) is 80.6 cm³/mol. The number of hydrogen-bond donors (Lipinski definition) is 2. The number of nitrogens with two attached hydrogens (primary N) is 1. The molecule has 0 aliphatic carbocycles. The van der Waals surface area contributed by atoms with Gasteiger partial charge < -0.3 is 15.8 Å². The fourth-order valence-electron chi connectivity index (χ4n) is 1.93. The van der Waals surface area contributed by atoms with E-state index in [1.807, 2.05) is 19.1 Å². The van der Waals surface area contributed by atoms with Crippen molar-refractivity contribution in [2.24, 2.45) is 5.73 Å². The zero-order valence-corrected chi connectivity index (χ0v) is 11.8. The maximum Gasteiger partial charge on any atom is 0.255 e. The van der Waals surface area contributed by atoms with E-state index in [9.17, 15) is 9.59 Å². The molecular formula is C16H16N2O3. The van der Waals surface area contributed by atoms with E-state index >= 15 is 0 Å². The van der Waals surface area contributed by atoms with E-state index in [0.29, 0.717) is 11.3 Å². The van der Waals surface area contributed by atoms with Crippen molar-refractivity contribution < 1.29 is 14.3 Å². The Morgan fingerprint density at radius 3 is 2.33 bits per heavy atom. The summed E-state index contributed by atoms with van der Waals surface area (Å²) in [5, 5.41) is 2.68. The first-order valence-corrected chi connectivity index (χ1v) is 6.37. The summed E-state index contributed by atoms with van der Waals surface area (Å²) in [6.07, 6.45) is 0. The van der Waals surface area contributed by atoms with Gasteiger partial charge in [0.05, 0.1) is 18.4 Å². The van der Waals surface area contributed by atoms with Crippen LogP contribution in [0.15, 0.2) is 42.5 Å². The molecule has 0 aliphatic rings. The Bertz CT molecular complexity index is 678. The van der Waals surface area contributed by atoms with E-state index in [1.54, 1.807) is 24.3 Å². The van der Waals surface area contributed by atoms with Gasteiger partial charge in [-0.05, 0) is 31.2 Å². The van der Waals surface area contributed by atoms with E-state index < -0.39 is 5.91 Å². The number of nitrogens with one attached hydrogen (secondary N) is 1. The first kappa shape index (κ1) is 14.6. The number of rotatable bonds is 4. The van der Waals surface area contributed by atoms with Crippen molar-refractivity contribution in [2.75, 3.05) is 12.4 Å². The van der Waals surface area contributed by atoms with Crippen molar-refractivity contribution in [1.29, 1.82) is 0 Å². The molecule has 0 atom stereocenters. The number of ether oxygens (including phenoxy) is 1. The summed E-state index contributed by atoms with van der Waals surface area (Å²) < 4.78 is 5.17. The van der Waals surface area contributed by atoms with Gasteiger partial charge in [0.2, 0.25) is 0 Å². The quantitative estimate of drug-likeness (QED) is 0.904. The van der Waals surface area contributed by atoms with Gasteiger partial charge in [-0.25, -0.2) is 0 Å². The van der Waals surface area contributed by atoms with Gasteiger partial charge in [0.1, 0.15) is 5.75 Å². The fourth-order valence-corrected chi connectivity index (χ4v) is 1.93. The van der Waals surface area contributed by atoms with Gasteiger partial charge in [-0.3, -0.25) is 9.59 Å². The Morgan fingerprint density at radius 2 is 1.76 bits per heavy atom. The molecule has 0 aliphatic heterocycles. The summed E-state index contributed by atoms with van der Waals surface area (Å²) >= 11 is 0. The van der Waals surface area contributed by atoms with Gasteiger partial charge in [-0.15, -0.1) is 0 Å². The largest absolute Gasteiger partial charge is 0.495 e. The lowest BCUT2D eigenvalue weighted by Crippen LogP contribution is -2.19. The second-order valence-corrected chi connectivity index (χ2v) is 4.57. The molecule has 2 aromatic carbocycles. The molecule has 0 saturated carbocycles. The monoisotopic (exact) mass is 284 g/mol. The van der Waals surface area contributed by atoms with Crippen molar-refractivity contribution in [3.63, 3.8) is 0 Å². The van der Waals surface area contributed by atoms with Gasteiger partial charge in [-0.1, -0.05) is 23.8 Å². The summed E-state index contributed by atoms with van der Waals surface area (Å²) in [7, 11) is 1.46. The highest BCUT2D eigenvalue weighted by molar-refractivity contribution is 6.09. The summed E-state index contributed by atoms with van der Waals surface area (Å²) in [6, 6.07) is 11.9. The first-order valence-electron chi connectivity index (χ1n) is 6.37. The van der Waals surface area contributed by atoms with Crippen LogP contribution in [0.2, 0.25) is 0 Å². The second kappa shape index (κ2) is 6.09. The second-order valence-electron chi connectivity index (χ2n) is 4.57. The molecule has 0 aromatic heterocycles. The Morgan fingerprint density at radius 1 is 1.10 bits per heavy atom. The smallest absolute Gasteiger partial charge is 0.255 e. The molecule has 5 heteroatoms. The Kier molecular flexibility index (Phi) is 4.23. The van der Waals surface area contributed by atoms with Crippen LogP contribution < -0.4 is 15.8 Å². The molecule has 0 spiro atoms. The third kappa shape index (κ3) is 3.20. The summed E-state index contributed by atoms with van der Waals surface area (Å²) in [6.45, 7) is 1.94. The number of aryl methyl sites for hydroxylation is 1. The van der Waals surface area contributed by atoms with Gasteiger partial charge in [0.25, 0.3) is 11.8 Å². The van der Waals surface area contributed by atoms with Crippen LogP contribution in [-0.2, 0) is 0 Å². The molecule has 3 N–H and O–H groups in total. The van der Waals surface area contributed by atoms with Crippen LogP contribution in [0.1, 0.15) is 26.3 Å². The summed E-state index contributed by atoms with van der Waals surface area (Å²) in [5.74, 6) is -0.582. The SMILES string of the molecule is COc1cccc(C(N)=O)c1NC(=O)c1ccc(C)cc1. The summed E-state index contributed by atoms with van der Waals surface area (Å²) in [4.78, 5) is 23.7. The van der Waals surface area contributed by atoms with Gasteiger partial charge in [0, 0.05) is 5.56 Å². The average molecular weight is 284 g/mol. The minimum absolute atomic E-state index is 0.204. The van der Waals surface area contributed by atoms with E-state index in [1.165, 1.54) is 13.2 Å². The standard InChI is InChI=1S/C16H16N2O3/c1-10-6-8-11(9-7-10)16(20)18-14-12(15(17)19)4-3-5-13(14)21-2/h3-9H,1-2H3,(H2,17,19)(H,18,20). The van der Waals surface area contributed by atoms with Crippen LogP contribution in [-0.4, -0.2) is 18.9 Å². The number of para-hydroxylation sites is 1. The van der Waals surface area contributed by atoms with Crippen LogP contribution >= 0.6 is 0 Å². The van der Waals surface area contributed by atoms with Crippen molar-refractivity contribution in [2.45, 2.75) is 6.92 Å². The molecular weight excluding hydrogens is 268 g/mol. The van der Waals surface area contributed by atoms with Crippen molar-refractivity contribution in [3.8, 4) is 5.75 Å². The number of methoxy groups -OCH3 is 1. The fraction of sp³-hybridized carbons (Fsp3) is 0.125. The van der Waals surface area contributed by atoms with Crippen LogP contribution in [0.4, 0.5) is 5.69 Å². The molecule has 2 rings (SSSR count). The third-order valence-electron chi connectivity index (χ3n) is 3.06. The summed E-state index contributed by atoms with van der Waals surface area (Å²) in [5.41, 5.74) is 7.35. The minimum Gasteiger partial charge on any atom is -0.495 e. The van der Waals surface area contributed by atoms with Gasteiger partial charge >= 0.3 is 0 Å². The highest BCUT2D eigenvalue weighted by atomic mass is 16.5. The normalized spacial score (nSPS) is 10.0. The number of hydrogen-bond acceptors (Lipinski definition) is 3. The lowest BCUT2D eigenvalue weighted by molar-refractivity contribution is 0.100. The minimum atomic E-state index is -0.631. The van der Waals surface area contributed by atoms with Crippen LogP contribution in [0.25, 0.3) is 0 Å². The van der Waals surface area contributed by atoms with E-state index in [4.69, 9.17) is 10.5 Å². The molecule has 0 saturated heterocycles. The molecule has 0 bridgehead atoms. The Balaban J connectivity index is 2.36. The van der Waals surface area contributed by atoms with Crippen molar-refractivity contribution in [1.82, 2.24) is 0 Å². The lowest BCUT2D eigenvalue weighted by Gasteiger charge is -2.13. The number of primary amides is 1. The Labute approximate surface area is 122 Å². The maximum absolute atomic E-state index is 12.2. The molecule has 0 unspecified atom stereocenters. The molecule has 0 heterocycles. The van der Waals surface area contributed by atoms with E-state index in [-0.39, 0.29) is 17.2 Å². The first-order chi connectivity index (χ1) is 10.0. The van der Waals surface area contributed by atoms with Crippen molar-refractivity contribution >= 4 is 17.5 Å². The number of carbonyl (C=O) groups excluding carboxylic acids is 2. The number of amides is 2. The molecule has 21 heavy (non-hydrogen) atoms. The maximum atomic E-state index is 12.2. The number of benzene rings is 2. The number of carbonyl (C=O) groups is 2. The molecule has 0 fully saturated rings. The van der Waals surface area contributed by atoms with Gasteiger partial charge in [0.15, 0.2) is 0 Å². The highest BCUT2D eigenvalue weighted by Crippen LogP contribution is 2.28.